The Kier molecular flexibility index (Phi) is 7.67. The van der Waals surface area contributed by atoms with Gasteiger partial charge in [0.15, 0.2) is 0 Å². The van der Waals surface area contributed by atoms with E-state index in [2.05, 4.69) is 41.5 Å². The number of hydrogen-bond donors (Lipinski definition) is 1. The molecule has 1 fully saturated rings. The average molecular weight is 332 g/mol. The highest BCUT2D eigenvalue weighted by Gasteiger charge is 2.49. The van der Waals surface area contributed by atoms with Crippen LogP contribution in [-0.4, -0.2) is 22.7 Å². The van der Waals surface area contributed by atoms with E-state index in [4.69, 9.17) is 5.11 Å². The number of azo groups is 1. The van der Waals surface area contributed by atoms with E-state index in [-0.39, 0.29) is 12.0 Å². The SMILES string of the molecule is C/C=C/CCCCCC12CC(C/C=C/CCCC(=O)O)C(C1)N=N2. The van der Waals surface area contributed by atoms with Gasteiger partial charge < -0.3 is 5.11 Å². The molecule has 3 atom stereocenters. The average Bonchev–Trinajstić information content (AvgIpc) is 3.12. The van der Waals surface area contributed by atoms with Crippen molar-refractivity contribution in [1.29, 1.82) is 0 Å². The first-order chi connectivity index (χ1) is 11.7. The highest BCUT2D eigenvalue weighted by atomic mass is 16.4. The van der Waals surface area contributed by atoms with Crippen molar-refractivity contribution in [2.45, 2.75) is 89.1 Å². The van der Waals surface area contributed by atoms with Gasteiger partial charge in [-0.1, -0.05) is 37.1 Å². The first-order valence-corrected chi connectivity index (χ1v) is 9.55. The summed E-state index contributed by atoms with van der Waals surface area (Å²) in [5, 5.41) is 17.8. The maximum Gasteiger partial charge on any atom is 0.303 e. The quantitative estimate of drug-likeness (QED) is 0.368. The Balaban J connectivity index is 1.63. The molecule has 0 radical (unpaired) electrons. The van der Waals surface area contributed by atoms with Crippen molar-refractivity contribution in [3.63, 3.8) is 0 Å². The van der Waals surface area contributed by atoms with E-state index >= 15 is 0 Å². The smallest absolute Gasteiger partial charge is 0.303 e. The molecule has 3 unspecified atom stereocenters. The number of carbonyl (C=O) groups is 1. The van der Waals surface area contributed by atoms with Gasteiger partial charge in [0.2, 0.25) is 0 Å². The van der Waals surface area contributed by atoms with Crippen LogP contribution in [0.4, 0.5) is 0 Å². The van der Waals surface area contributed by atoms with Crippen molar-refractivity contribution in [2.75, 3.05) is 0 Å². The third-order valence-electron chi connectivity index (χ3n) is 5.31. The van der Waals surface area contributed by atoms with E-state index in [9.17, 15) is 4.79 Å². The Morgan fingerprint density at radius 2 is 1.96 bits per heavy atom. The van der Waals surface area contributed by atoms with Gasteiger partial charge >= 0.3 is 5.97 Å². The van der Waals surface area contributed by atoms with E-state index in [1.165, 1.54) is 38.5 Å². The van der Waals surface area contributed by atoms with Gasteiger partial charge in [0.05, 0.1) is 11.6 Å². The highest BCUT2D eigenvalue weighted by molar-refractivity contribution is 5.66. The zero-order chi connectivity index (χ0) is 17.3. The molecular weight excluding hydrogens is 300 g/mol. The van der Waals surface area contributed by atoms with Crippen molar-refractivity contribution in [3.8, 4) is 0 Å². The number of unbranched alkanes of at least 4 members (excludes halogenated alkanes) is 4. The summed E-state index contributed by atoms with van der Waals surface area (Å²) in [5.41, 5.74) is 0.146. The molecule has 0 aromatic carbocycles. The molecular formula is C20H32N2O2. The Morgan fingerprint density at radius 1 is 1.12 bits per heavy atom. The lowest BCUT2D eigenvalue weighted by Crippen LogP contribution is -2.21. The third-order valence-corrected chi connectivity index (χ3v) is 5.31. The summed E-state index contributed by atoms with van der Waals surface area (Å²) in [7, 11) is 0. The van der Waals surface area contributed by atoms with Crippen LogP contribution < -0.4 is 0 Å². The zero-order valence-electron chi connectivity index (χ0n) is 15.0. The summed E-state index contributed by atoms with van der Waals surface area (Å²) in [6.45, 7) is 2.08. The minimum absolute atomic E-state index is 0.146. The second-order valence-electron chi connectivity index (χ2n) is 7.34. The number of aliphatic carboxylic acids is 1. The van der Waals surface area contributed by atoms with Crippen LogP contribution in [0.25, 0.3) is 0 Å². The molecule has 134 valence electrons. The van der Waals surface area contributed by atoms with Crippen molar-refractivity contribution >= 4 is 5.97 Å². The molecule has 24 heavy (non-hydrogen) atoms. The number of allylic oxidation sites excluding steroid dienone is 4. The van der Waals surface area contributed by atoms with Crippen LogP contribution in [0, 0.1) is 5.92 Å². The summed E-state index contributed by atoms with van der Waals surface area (Å²) in [5.74, 6) is -0.0641. The molecule has 0 amide bonds. The van der Waals surface area contributed by atoms with Gasteiger partial charge in [-0.05, 0) is 64.2 Å². The minimum atomic E-state index is -0.704. The summed E-state index contributed by atoms with van der Waals surface area (Å²) >= 11 is 0. The maximum atomic E-state index is 10.5. The van der Waals surface area contributed by atoms with E-state index in [0.717, 1.165) is 25.7 Å². The van der Waals surface area contributed by atoms with Crippen LogP contribution in [0.2, 0.25) is 0 Å². The topological polar surface area (TPSA) is 62.0 Å². The molecule has 2 bridgehead atoms. The summed E-state index contributed by atoms with van der Waals surface area (Å²) < 4.78 is 0. The molecule has 4 nitrogen and oxygen atoms in total. The number of carboxylic acids is 1. The molecule has 0 spiro atoms. The summed E-state index contributed by atoms with van der Waals surface area (Å²) in [4.78, 5) is 10.5. The lowest BCUT2D eigenvalue weighted by molar-refractivity contribution is -0.137. The van der Waals surface area contributed by atoms with Gasteiger partial charge in [0.25, 0.3) is 0 Å². The monoisotopic (exact) mass is 332 g/mol. The van der Waals surface area contributed by atoms with Crippen LogP contribution in [0.3, 0.4) is 0 Å². The van der Waals surface area contributed by atoms with E-state index in [1.54, 1.807) is 0 Å². The summed E-state index contributed by atoms with van der Waals surface area (Å²) in [6, 6.07) is 0.427. The van der Waals surface area contributed by atoms with Crippen LogP contribution >= 0.6 is 0 Å². The fourth-order valence-corrected chi connectivity index (χ4v) is 3.99. The van der Waals surface area contributed by atoms with Gasteiger partial charge in [-0.15, -0.1) is 0 Å². The Labute approximate surface area is 146 Å². The standard InChI is InChI=1S/C20H32N2O2/c1-2-3-4-5-8-11-14-20-15-17(18(16-20)21-22-20)12-9-6-7-10-13-19(23)24/h2-3,6,9,17-18H,4-5,7-8,10-16H2,1H3,(H,23,24)/b3-2+,9-6+. The number of hydrogen-bond acceptors (Lipinski definition) is 3. The van der Waals surface area contributed by atoms with Crippen molar-refractivity contribution in [2.24, 2.45) is 16.1 Å². The molecule has 1 N–H and O–H groups in total. The van der Waals surface area contributed by atoms with Gasteiger partial charge in [-0.2, -0.15) is 10.2 Å². The van der Waals surface area contributed by atoms with Gasteiger partial charge in [0.1, 0.15) is 0 Å². The minimum Gasteiger partial charge on any atom is -0.481 e. The lowest BCUT2D eigenvalue weighted by atomic mass is 9.89. The Morgan fingerprint density at radius 3 is 2.75 bits per heavy atom. The van der Waals surface area contributed by atoms with Crippen LogP contribution in [0.1, 0.15) is 77.6 Å². The van der Waals surface area contributed by atoms with Crippen molar-refractivity contribution in [3.05, 3.63) is 24.3 Å². The van der Waals surface area contributed by atoms with Crippen LogP contribution in [-0.2, 0) is 4.79 Å². The second kappa shape index (κ2) is 9.75. The van der Waals surface area contributed by atoms with E-state index in [1.807, 2.05) is 0 Å². The second-order valence-corrected chi connectivity index (χ2v) is 7.34. The fraction of sp³-hybridized carbons (Fsp3) is 0.750. The lowest BCUT2D eigenvalue weighted by Gasteiger charge is -2.23. The number of fused-ring (bicyclic) bond motifs is 2. The number of carboxylic acid groups (broad SMARTS) is 1. The van der Waals surface area contributed by atoms with E-state index < -0.39 is 5.97 Å². The number of nitrogens with zero attached hydrogens (tertiary/aromatic N) is 2. The molecule has 0 aromatic heterocycles. The molecule has 0 saturated heterocycles. The number of rotatable bonds is 12. The Hall–Kier alpha value is -1.45. The molecule has 2 aliphatic rings. The molecule has 0 aromatic rings. The summed E-state index contributed by atoms with van der Waals surface area (Å²) in [6.07, 6.45) is 20.3. The maximum absolute atomic E-state index is 10.5. The fourth-order valence-electron chi connectivity index (χ4n) is 3.99. The zero-order valence-corrected chi connectivity index (χ0v) is 15.0. The van der Waals surface area contributed by atoms with Crippen LogP contribution in [0.15, 0.2) is 34.5 Å². The predicted molar refractivity (Wildman–Crippen MR) is 97.2 cm³/mol. The largest absolute Gasteiger partial charge is 0.481 e. The van der Waals surface area contributed by atoms with E-state index in [0.29, 0.717) is 12.0 Å². The molecule has 1 aliphatic carbocycles. The molecule has 1 saturated carbocycles. The first-order valence-electron chi connectivity index (χ1n) is 9.55. The third kappa shape index (κ3) is 5.88. The van der Waals surface area contributed by atoms with Crippen molar-refractivity contribution < 1.29 is 9.90 Å². The molecule has 1 heterocycles. The van der Waals surface area contributed by atoms with Gasteiger partial charge in [0, 0.05) is 6.42 Å². The van der Waals surface area contributed by atoms with Crippen molar-refractivity contribution in [1.82, 2.24) is 0 Å². The van der Waals surface area contributed by atoms with Gasteiger partial charge in [-0.25, -0.2) is 0 Å². The molecule has 2 rings (SSSR count). The van der Waals surface area contributed by atoms with Crippen LogP contribution in [0.5, 0.6) is 0 Å². The molecule has 1 aliphatic heterocycles. The molecule has 4 heteroatoms. The normalized spacial score (nSPS) is 28.5. The highest BCUT2D eigenvalue weighted by Crippen LogP contribution is 2.49. The predicted octanol–water partition coefficient (Wildman–Crippen LogP) is 5.70. The Bertz CT molecular complexity index is 484. The van der Waals surface area contributed by atoms with Gasteiger partial charge in [-0.3, -0.25) is 4.79 Å². The first kappa shape index (κ1) is 18.9.